The lowest BCUT2D eigenvalue weighted by atomic mass is 9.92. The summed E-state index contributed by atoms with van der Waals surface area (Å²) in [6.45, 7) is 1.58. The van der Waals surface area contributed by atoms with Crippen molar-refractivity contribution in [1.29, 1.82) is 0 Å². The minimum atomic E-state index is -0.506. The van der Waals surface area contributed by atoms with Gasteiger partial charge in [0, 0.05) is 23.4 Å². The zero-order chi connectivity index (χ0) is 20.1. The van der Waals surface area contributed by atoms with Crippen LogP contribution < -0.4 is 5.32 Å². The molecule has 1 aliphatic heterocycles. The van der Waals surface area contributed by atoms with Gasteiger partial charge in [-0.2, -0.15) is 0 Å². The summed E-state index contributed by atoms with van der Waals surface area (Å²) in [4.78, 5) is 30.5. The maximum atomic E-state index is 14.0. The minimum absolute atomic E-state index is 0.0995. The average Bonchev–Trinajstić information content (AvgIpc) is 3.09. The van der Waals surface area contributed by atoms with Crippen LogP contribution in [0.25, 0.3) is 22.2 Å². The highest BCUT2D eigenvalue weighted by atomic mass is 19.1. The van der Waals surface area contributed by atoms with Crippen LogP contribution in [0.4, 0.5) is 10.1 Å². The molecule has 142 valence electrons. The maximum absolute atomic E-state index is 14.0. The fourth-order valence-electron chi connectivity index (χ4n) is 3.58. The second-order valence-corrected chi connectivity index (χ2v) is 6.70. The number of hydrogen-bond acceptors (Lipinski definition) is 6. The Morgan fingerprint density at radius 3 is 2.79 bits per heavy atom. The van der Waals surface area contributed by atoms with Gasteiger partial charge < -0.3 is 9.73 Å². The molecule has 5 rings (SSSR count). The van der Waals surface area contributed by atoms with E-state index in [9.17, 15) is 14.0 Å². The monoisotopic (exact) mass is 388 g/mol. The van der Waals surface area contributed by atoms with Crippen LogP contribution >= 0.6 is 0 Å². The lowest BCUT2D eigenvalue weighted by molar-refractivity contribution is -0.115. The first-order chi connectivity index (χ1) is 14.0. The molecule has 0 radical (unpaired) electrons. The Morgan fingerprint density at radius 1 is 1.17 bits per heavy atom. The SMILES string of the molecule is Cc1nnc(C(=O)c2c3c(nc4ccccc24)-c2cc(F)ccc2NC(=O)C3)o1. The van der Waals surface area contributed by atoms with E-state index in [4.69, 9.17) is 4.42 Å². The van der Waals surface area contributed by atoms with Gasteiger partial charge in [0.15, 0.2) is 0 Å². The van der Waals surface area contributed by atoms with Crippen LogP contribution in [0.3, 0.4) is 0 Å². The Morgan fingerprint density at radius 2 is 2.00 bits per heavy atom. The van der Waals surface area contributed by atoms with E-state index in [0.29, 0.717) is 33.4 Å². The highest BCUT2D eigenvalue weighted by Gasteiger charge is 2.30. The molecule has 1 aliphatic rings. The molecule has 0 saturated heterocycles. The summed E-state index contributed by atoms with van der Waals surface area (Å²) in [6.07, 6.45) is -0.0995. The molecule has 1 amide bonds. The number of carbonyl (C=O) groups is 2. The van der Waals surface area contributed by atoms with Crippen LogP contribution in [0.1, 0.15) is 27.7 Å². The van der Waals surface area contributed by atoms with Crippen molar-refractivity contribution in [3.63, 3.8) is 0 Å². The third-order valence-corrected chi connectivity index (χ3v) is 4.79. The Bertz CT molecular complexity index is 1330. The number of amides is 1. The molecule has 2 aromatic heterocycles. The van der Waals surface area contributed by atoms with Crippen LogP contribution in [-0.4, -0.2) is 26.9 Å². The first-order valence-corrected chi connectivity index (χ1v) is 8.87. The maximum Gasteiger partial charge on any atom is 0.289 e. The highest BCUT2D eigenvalue weighted by Crippen LogP contribution is 2.38. The van der Waals surface area contributed by atoms with E-state index in [1.54, 1.807) is 31.2 Å². The summed E-state index contributed by atoms with van der Waals surface area (Å²) in [5, 5.41) is 10.9. The van der Waals surface area contributed by atoms with Gasteiger partial charge in [0.05, 0.1) is 23.3 Å². The van der Waals surface area contributed by atoms with Crippen LogP contribution in [0, 0.1) is 12.7 Å². The largest absolute Gasteiger partial charge is 0.418 e. The fourth-order valence-corrected chi connectivity index (χ4v) is 3.58. The first kappa shape index (κ1) is 17.2. The second-order valence-electron chi connectivity index (χ2n) is 6.70. The summed E-state index contributed by atoms with van der Waals surface area (Å²) >= 11 is 0. The number of benzene rings is 2. The number of aromatic nitrogens is 3. The standard InChI is InChI=1S/C21H13FN4O3/c1-10-25-26-21(29-10)20(28)18-12-4-2-3-5-15(12)24-19-13-8-11(22)6-7-16(13)23-17(27)9-14(18)19/h2-8H,9H2,1H3,(H,23,27). The number of halogens is 1. The molecular weight excluding hydrogens is 375 g/mol. The van der Waals surface area contributed by atoms with Crippen molar-refractivity contribution in [2.24, 2.45) is 0 Å². The van der Waals surface area contributed by atoms with Crippen molar-refractivity contribution in [2.75, 3.05) is 5.32 Å². The minimum Gasteiger partial charge on any atom is -0.418 e. The smallest absolute Gasteiger partial charge is 0.289 e. The number of pyridine rings is 1. The molecule has 2 aromatic carbocycles. The third kappa shape index (κ3) is 2.77. The molecule has 0 bridgehead atoms. The Hall–Kier alpha value is -3.94. The quantitative estimate of drug-likeness (QED) is 0.528. The van der Waals surface area contributed by atoms with Gasteiger partial charge in [-0.25, -0.2) is 9.37 Å². The summed E-state index contributed by atoms with van der Waals surface area (Å²) in [5.41, 5.74) is 2.40. The van der Waals surface area contributed by atoms with Crippen molar-refractivity contribution < 1.29 is 18.4 Å². The van der Waals surface area contributed by atoms with Crippen molar-refractivity contribution in [3.8, 4) is 11.3 Å². The van der Waals surface area contributed by atoms with Crippen LogP contribution in [0.5, 0.6) is 0 Å². The van der Waals surface area contributed by atoms with Crippen molar-refractivity contribution in [1.82, 2.24) is 15.2 Å². The normalized spacial score (nSPS) is 12.8. The summed E-state index contributed by atoms with van der Waals surface area (Å²) in [5.74, 6) is -1.23. The van der Waals surface area contributed by atoms with Crippen molar-refractivity contribution in [3.05, 3.63) is 71.2 Å². The topological polar surface area (TPSA) is 98.0 Å². The van der Waals surface area contributed by atoms with E-state index < -0.39 is 11.6 Å². The van der Waals surface area contributed by atoms with Gasteiger partial charge in [0.1, 0.15) is 5.82 Å². The Balaban J connectivity index is 1.88. The molecule has 0 unspecified atom stereocenters. The van der Waals surface area contributed by atoms with Gasteiger partial charge in [-0.15, -0.1) is 10.2 Å². The number of anilines is 1. The zero-order valence-electron chi connectivity index (χ0n) is 15.2. The molecule has 0 aliphatic carbocycles. The van der Waals surface area contributed by atoms with Gasteiger partial charge in [-0.05, 0) is 29.8 Å². The van der Waals surface area contributed by atoms with Crippen LogP contribution in [0.15, 0.2) is 46.9 Å². The zero-order valence-corrected chi connectivity index (χ0v) is 15.2. The molecule has 4 aromatic rings. The third-order valence-electron chi connectivity index (χ3n) is 4.79. The Labute approximate surface area is 163 Å². The number of ketones is 1. The predicted molar refractivity (Wildman–Crippen MR) is 102 cm³/mol. The first-order valence-electron chi connectivity index (χ1n) is 8.87. The van der Waals surface area contributed by atoms with E-state index in [1.807, 2.05) is 0 Å². The number of aryl methyl sites for hydroxylation is 1. The van der Waals surface area contributed by atoms with E-state index in [-0.39, 0.29) is 29.7 Å². The molecule has 29 heavy (non-hydrogen) atoms. The number of fused-ring (bicyclic) bond motifs is 4. The van der Waals surface area contributed by atoms with Gasteiger partial charge in [0.25, 0.3) is 11.7 Å². The summed E-state index contributed by atoms with van der Waals surface area (Å²) < 4.78 is 19.4. The predicted octanol–water partition coefficient (Wildman–Crippen LogP) is 3.46. The Kier molecular flexibility index (Phi) is 3.73. The number of carbonyl (C=O) groups excluding carboxylic acids is 2. The molecule has 3 heterocycles. The number of rotatable bonds is 2. The van der Waals surface area contributed by atoms with Crippen molar-refractivity contribution in [2.45, 2.75) is 13.3 Å². The van der Waals surface area contributed by atoms with E-state index >= 15 is 0 Å². The van der Waals surface area contributed by atoms with Gasteiger partial charge in [-0.3, -0.25) is 9.59 Å². The molecule has 0 fully saturated rings. The number of nitrogens with zero attached hydrogens (tertiary/aromatic N) is 3. The average molecular weight is 388 g/mol. The molecule has 1 N–H and O–H groups in total. The number of nitrogens with one attached hydrogen (secondary N) is 1. The molecule has 0 spiro atoms. The summed E-state index contributed by atoms with van der Waals surface area (Å²) in [7, 11) is 0. The fraction of sp³-hybridized carbons (Fsp3) is 0.0952. The van der Waals surface area contributed by atoms with Crippen LogP contribution in [-0.2, 0) is 11.2 Å². The lowest BCUT2D eigenvalue weighted by Gasteiger charge is -2.14. The molecule has 0 saturated carbocycles. The number of hydrogen-bond donors (Lipinski definition) is 1. The van der Waals surface area contributed by atoms with E-state index in [0.717, 1.165) is 0 Å². The molecule has 7 nitrogen and oxygen atoms in total. The number of para-hydroxylation sites is 1. The van der Waals surface area contributed by atoms with E-state index in [1.165, 1.54) is 18.2 Å². The van der Waals surface area contributed by atoms with Crippen LogP contribution in [0.2, 0.25) is 0 Å². The molecule has 0 atom stereocenters. The van der Waals surface area contributed by atoms with E-state index in [2.05, 4.69) is 20.5 Å². The van der Waals surface area contributed by atoms with Gasteiger partial charge in [-0.1, -0.05) is 18.2 Å². The molecule has 8 heteroatoms. The van der Waals surface area contributed by atoms with Gasteiger partial charge >= 0.3 is 0 Å². The molecular formula is C21H13FN4O3. The lowest BCUT2D eigenvalue weighted by Crippen LogP contribution is -2.16. The summed E-state index contributed by atoms with van der Waals surface area (Å²) in [6, 6.07) is 11.1. The highest BCUT2D eigenvalue weighted by molar-refractivity contribution is 6.17. The van der Waals surface area contributed by atoms with Gasteiger partial charge in [0.2, 0.25) is 11.8 Å². The second kappa shape index (κ2) is 6.30. The van der Waals surface area contributed by atoms with Crippen molar-refractivity contribution >= 4 is 28.3 Å².